The molecule has 0 aliphatic carbocycles. The fourth-order valence-electron chi connectivity index (χ4n) is 3.77. The van der Waals surface area contributed by atoms with Gasteiger partial charge in [-0.25, -0.2) is 0 Å². The van der Waals surface area contributed by atoms with Crippen LogP contribution in [0.15, 0.2) is 94.3 Å². The molecule has 0 amide bonds. The van der Waals surface area contributed by atoms with E-state index in [9.17, 15) is 13.2 Å². The summed E-state index contributed by atoms with van der Waals surface area (Å²) in [5.41, 5.74) is 2.47. The number of rotatable bonds is 8. The van der Waals surface area contributed by atoms with Crippen LogP contribution < -0.4 is 4.72 Å². The highest BCUT2D eigenvalue weighted by atomic mass is 79.9. The highest BCUT2D eigenvalue weighted by Crippen LogP contribution is 2.39. The molecule has 3 aromatic carbocycles. The SMILES string of the molecule is CN(C)CCNSc1ccc(-c2ccc(-c3ccc(Br)cc3)n2-c2ccccc2C(F)(F)F)cc1. The third-order valence-electron chi connectivity index (χ3n) is 5.47. The van der Waals surface area contributed by atoms with Crippen LogP contribution in [0.25, 0.3) is 28.2 Å². The quantitative estimate of drug-likeness (QED) is 0.176. The molecule has 182 valence electrons. The topological polar surface area (TPSA) is 20.2 Å². The minimum atomic E-state index is -4.48. The number of likely N-dealkylation sites (N-methyl/N-ethyl adjacent to an activating group) is 1. The average molecular weight is 560 g/mol. The van der Waals surface area contributed by atoms with Gasteiger partial charge >= 0.3 is 6.18 Å². The van der Waals surface area contributed by atoms with Crippen LogP contribution in [0.3, 0.4) is 0 Å². The molecule has 0 radical (unpaired) electrons. The van der Waals surface area contributed by atoms with Crippen LogP contribution in [0.5, 0.6) is 0 Å². The molecule has 0 saturated heterocycles. The van der Waals surface area contributed by atoms with Crippen molar-refractivity contribution >= 4 is 27.9 Å². The highest BCUT2D eigenvalue weighted by Gasteiger charge is 2.34. The van der Waals surface area contributed by atoms with Crippen LogP contribution in [0, 0.1) is 0 Å². The molecule has 4 aromatic rings. The van der Waals surface area contributed by atoms with E-state index in [1.807, 2.05) is 74.8 Å². The summed E-state index contributed by atoms with van der Waals surface area (Å²) in [6.07, 6.45) is -4.48. The van der Waals surface area contributed by atoms with E-state index in [4.69, 9.17) is 0 Å². The van der Waals surface area contributed by atoms with Gasteiger partial charge in [0.15, 0.2) is 0 Å². The second kappa shape index (κ2) is 11.0. The molecule has 0 aliphatic heterocycles. The van der Waals surface area contributed by atoms with Crippen molar-refractivity contribution in [3.05, 3.63) is 95.0 Å². The Bertz CT molecular complexity index is 1270. The number of aromatic nitrogens is 1. The number of halogens is 4. The smallest absolute Gasteiger partial charge is 0.309 e. The number of nitrogens with one attached hydrogen (secondary N) is 1. The van der Waals surface area contributed by atoms with Gasteiger partial charge in [0.2, 0.25) is 0 Å². The van der Waals surface area contributed by atoms with Gasteiger partial charge in [-0.15, -0.1) is 0 Å². The Kier molecular flexibility index (Phi) is 8.06. The first-order valence-corrected chi connectivity index (χ1v) is 12.6. The molecule has 0 unspecified atom stereocenters. The van der Waals surface area contributed by atoms with Crippen LogP contribution in [0.2, 0.25) is 0 Å². The van der Waals surface area contributed by atoms with E-state index in [1.165, 1.54) is 24.1 Å². The highest BCUT2D eigenvalue weighted by molar-refractivity contribution is 9.10. The monoisotopic (exact) mass is 559 g/mol. The molecule has 8 heteroatoms. The van der Waals surface area contributed by atoms with Crippen LogP contribution in [0.4, 0.5) is 13.2 Å². The number of hydrogen-bond acceptors (Lipinski definition) is 3. The number of hydrogen-bond donors (Lipinski definition) is 1. The van der Waals surface area contributed by atoms with Crippen molar-refractivity contribution < 1.29 is 13.2 Å². The number of alkyl halides is 3. The minimum Gasteiger partial charge on any atom is -0.309 e. The maximum Gasteiger partial charge on any atom is 0.418 e. The Morgan fingerprint density at radius 2 is 1.40 bits per heavy atom. The fraction of sp³-hybridized carbons (Fsp3) is 0.185. The molecular weight excluding hydrogens is 535 g/mol. The molecule has 0 spiro atoms. The lowest BCUT2D eigenvalue weighted by Gasteiger charge is -2.19. The van der Waals surface area contributed by atoms with Crippen molar-refractivity contribution in [2.24, 2.45) is 0 Å². The van der Waals surface area contributed by atoms with Gasteiger partial charge < -0.3 is 9.47 Å². The normalized spacial score (nSPS) is 11.9. The maximum absolute atomic E-state index is 14.0. The summed E-state index contributed by atoms with van der Waals surface area (Å²) >= 11 is 4.97. The standard InChI is InChI=1S/C27H25BrF3N3S/c1-33(2)18-17-32-35-22-13-9-20(10-14-22)25-16-15-24(19-7-11-21(28)12-8-19)34(25)26-6-4-3-5-23(26)27(29,30)31/h3-16,32H,17-18H2,1-2H3. The maximum atomic E-state index is 14.0. The van der Waals surface area contributed by atoms with E-state index in [-0.39, 0.29) is 5.69 Å². The summed E-state index contributed by atoms with van der Waals surface area (Å²) in [4.78, 5) is 3.14. The molecule has 0 aliphatic rings. The van der Waals surface area contributed by atoms with Crippen molar-refractivity contribution in [1.29, 1.82) is 0 Å². The number of nitrogens with zero attached hydrogens (tertiary/aromatic N) is 2. The third kappa shape index (κ3) is 6.19. The lowest BCUT2D eigenvalue weighted by Crippen LogP contribution is -2.22. The molecule has 3 nitrogen and oxygen atoms in total. The van der Waals surface area contributed by atoms with Gasteiger partial charge in [0, 0.05) is 22.5 Å². The van der Waals surface area contributed by atoms with Crippen LogP contribution in [-0.2, 0) is 6.18 Å². The minimum absolute atomic E-state index is 0.0988. The zero-order valence-corrected chi connectivity index (χ0v) is 21.7. The lowest BCUT2D eigenvalue weighted by molar-refractivity contribution is -0.137. The Labute approximate surface area is 216 Å². The van der Waals surface area contributed by atoms with Crippen molar-refractivity contribution in [2.75, 3.05) is 27.2 Å². The van der Waals surface area contributed by atoms with E-state index in [2.05, 4.69) is 25.6 Å². The third-order valence-corrected chi connectivity index (χ3v) is 6.86. The van der Waals surface area contributed by atoms with Crippen LogP contribution in [0.1, 0.15) is 5.56 Å². The van der Waals surface area contributed by atoms with Gasteiger partial charge in [0.1, 0.15) is 0 Å². The van der Waals surface area contributed by atoms with Crippen molar-refractivity contribution in [3.8, 4) is 28.2 Å². The van der Waals surface area contributed by atoms with Crippen LogP contribution in [-0.4, -0.2) is 36.7 Å². The second-order valence-electron chi connectivity index (χ2n) is 8.29. The first-order chi connectivity index (χ1) is 16.7. The summed E-state index contributed by atoms with van der Waals surface area (Å²) in [6.45, 7) is 1.77. The lowest BCUT2D eigenvalue weighted by atomic mass is 10.1. The van der Waals surface area contributed by atoms with E-state index >= 15 is 0 Å². The van der Waals surface area contributed by atoms with E-state index in [0.717, 1.165) is 39.7 Å². The first-order valence-electron chi connectivity index (χ1n) is 11.0. The molecule has 1 N–H and O–H groups in total. The van der Waals surface area contributed by atoms with Gasteiger partial charge in [0.05, 0.1) is 22.6 Å². The molecular formula is C27H25BrF3N3S. The summed E-state index contributed by atoms with van der Waals surface area (Å²) in [5.74, 6) is 0. The Morgan fingerprint density at radius 3 is 1.97 bits per heavy atom. The number of benzene rings is 3. The second-order valence-corrected chi connectivity index (χ2v) is 10.2. The zero-order chi connectivity index (χ0) is 25.0. The van der Waals surface area contributed by atoms with Gasteiger partial charge in [-0.1, -0.05) is 52.3 Å². The molecule has 0 atom stereocenters. The first kappa shape index (κ1) is 25.6. The fourth-order valence-corrected chi connectivity index (χ4v) is 4.67. The molecule has 0 saturated carbocycles. The predicted molar refractivity (Wildman–Crippen MR) is 142 cm³/mol. The van der Waals surface area contributed by atoms with Crippen molar-refractivity contribution in [2.45, 2.75) is 11.1 Å². The summed E-state index contributed by atoms with van der Waals surface area (Å²) in [7, 11) is 4.05. The largest absolute Gasteiger partial charge is 0.418 e. The zero-order valence-electron chi connectivity index (χ0n) is 19.3. The molecule has 0 bridgehead atoms. The molecule has 1 heterocycles. The molecule has 1 aromatic heterocycles. The predicted octanol–water partition coefficient (Wildman–Crippen LogP) is 7.75. The van der Waals surface area contributed by atoms with Crippen molar-refractivity contribution in [3.63, 3.8) is 0 Å². The van der Waals surface area contributed by atoms with E-state index in [1.54, 1.807) is 10.6 Å². The summed E-state index contributed by atoms with van der Waals surface area (Å²) in [6, 6.07) is 24.9. The van der Waals surface area contributed by atoms with Gasteiger partial charge in [-0.05, 0) is 85.7 Å². The molecule has 4 rings (SSSR count). The average Bonchev–Trinajstić information content (AvgIpc) is 3.27. The van der Waals surface area contributed by atoms with Gasteiger partial charge in [0.25, 0.3) is 0 Å². The molecule has 0 fully saturated rings. The summed E-state index contributed by atoms with van der Waals surface area (Å²) < 4.78 is 47.9. The van der Waals surface area contributed by atoms with E-state index in [0.29, 0.717) is 11.4 Å². The Morgan fingerprint density at radius 1 is 0.829 bits per heavy atom. The number of para-hydroxylation sites is 1. The molecule has 35 heavy (non-hydrogen) atoms. The van der Waals surface area contributed by atoms with Crippen molar-refractivity contribution in [1.82, 2.24) is 14.2 Å². The van der Waals surface area contributed by atoms with Crippen LogP contribution >= 0.6 is 27.9 Å². The summed E-state index contributed by atoms with van der Waals surface area (Å²) in [5, 5.41) is 0. The van der Waals surface area contributed by atoms with Gasteiger partial charge in [-0.2, -0.15) is 13.2 Å². The van der Waals surface area contributed by atoms with Gasteiger partial charge in [-0.3, -0.25) is 4.72 Å². The Hall–Kier alpha value is -2.52. The van der Waals surface area contributed by atoms with E-state index < -0.39 is 11.7 Å². The Balaban J connectivity index is 1.76.